The smallest absolute Gasteiger partial charge is 0.330 e. The second-order valence-electron chi connectivity index (χ2n) is 6.13. The van der Waals surface area contributed by atoms with Gasteiger partial charge >= 0.3 is 12.2 Å². The molecule has 0 saturated carbocycles. The van der Waals surface area contributed by atoms with Gasteiger partial charge in [0, 0.05) is 11.3 Å². The molecule has 1 saturated heterocycles. The molecule has 0 aliphatic carbocycles. The van der Waals surface area contributed by atoms with Gasteiger partial charge in [-0.05, 0) is 18.2 Å². The average Bonchev–Trinajstić information content (AvgIpc) is 2.61. The summed E-state index contributed by atoms with van der Waals surface area (Å²) in [7, 11) is 0. The van der Waals surface area contributed by atoms with E-state index in [1.54, 1.807) is 0 Å². The highest BCUT2D eigenvalue weighted by atomic mass is 19.4. The molecule has 9 heteroatoms. The first-order chi connectivity index (χ1) is 13.2. The minimum Gasteiger partial charge on any atom is -0.330 e. The van der Waals surface area contributed by atoms with Crippen LogP contribution in [0.5, 0.6) is 0 Å². The van der Waals surface area contributed by atoms with Gasteiger partial charge in [0.1, 0.15) is 11.7 Å². The highest BCUT2D eigenvalue weighted by Gasteiger charge is 2.40. The van der Waals surface area contributed by atoms with E-state index in [0.29, 0.717) is 0 Å². The first-order valence-electron chi connectivity index (χ1n) is 8.16. The maximum Gasteiger partial charge on any atom is 0.418 e. The number of nitrogens with one attached hydrogen (secondary N) is 3. The third-order valence-corrected chi connectivity index (χ3v) is 4.28. The highest BCUT2D eigenvalue weighted by molar-refractivity contribution is 5.97. The summed E-state index contributed by atoms with van der Waals surface area (Å²) in [6, 6.07) is 8.13. The first kappa shape index (κ1) is 19.4. The van der Waals surface area contributed by atoms with Crippen molar-refractivity contribution in [3.8, 4) is 0 Å². The van der Waals surface area contributed by atoms with Crippen molar-refractivity contribution in [2.24, 2.45) is 5.92 Å². The molecule has 0 aromatic heterocycles. The fourth-order valence-corrected chi connectivity index (χ4v) is 3.03. The summed E-state index contributed by atoms with van der Waals surface area (Å²) in [5.74, 6) is -2.78. The Bertz CT molecular complexity index is 943. The Morgan fingerprint density at radius 2 is 1.71 bits per heavy atom. The number of anilines is 1. The molecule has 2 aromatic rings. The zero-order valence-corrected chi connectivity index (χ0v) is 14.3. The number of hydrogen-bond donors (Lipinski definition) is 3. The summed E-state index contributed by atoms with van der Waals surface area (Å²) in [6.45, 7) is 3.61. The van der Waals surface area contributed by atoms with Crippen molar-refractivity contribution in [3.63, 3.8) is 0 Å². The van der Waals surface area contributed by atoms with Crippen molar-refractivity contribution in [1.82, 2.24) is 10.6 Å². The number of carbonyl (C=O) groups excluding carboxylic acids is 2. The van der Waals surface area contributed by atoms with E-state index < -0.39 is 47.1 Å². The molecular weight excluding hydrogens is 378 g/mol. The monoisotopic (exact) mass is 393 g/mol. The van der Waals surface area contributed by atoms with E-state index in [0.717, 1.165) is 18.2 Å². The Morgan fingerprint density at radius 1 is 1.07 bits per heavy atom. The molecule has 1 aliphatic rings. The molecule has 0 unspecified atom stereocenters. The Hall–Kier alpha value is -3.36. The van der Waals surface area contributed by atoms with Gasteiger partial charge in [0.15, 0.2) is 0 Å². The molecular formula is C19H15F4N3O2. The van der Waals surface area contributed by atoms with E-state index in [2.05, 4.69) is 22.5 Å². The lowest BCUT2D eigenvalue weighted by Crippen LogP contribution is -2.52. The molecule has 0 bridgehead atoms. The van der Waals surface area contributed by atoms with Crippen molar-refractivity contribution in [1.29, 1.82) is 0 Å². The van der Waals surface area contributed by atoms with Crippen LogP contribution in [0.2, 0.25) is 0 Å². The molecule has 3 rings (SSSR count). The first-order valence-corrected chi connectivity index (χ1v) is 8.16. The van der Waals surface area contributed by atoms with Crippen LogP contribution in [-0.4, -0.2) is 11.9 Å². The average molecular weight is 393 g/mol. The van der Waals surface area contributed by atoms with E-state index in [4.69, 9.17) is 0 Å². The fourth-order valence-electron chi connectivity index (χ4n) is 3.03. The van der Waals surface area contributed by atoms with Crippen molar-refractivity contribution >= 4 is 17.6 Å². The summed E-state index contributed by atoms with van der Waals surface area (Å²) in [5, 5.41) is 6.96. The van der Waals surface area contributed by atoms with Gasteiger partial charge in [-0.2, -0.15) is 13.2 Å². The molecule has 3 N–H and O–H groups in total. The van der Waals surface area contributed by atoms with Crippen LogP contribution in [0.3, 0.4) is 0 Å². The SMILES string of the molecule is C=C1NC(=O)N[C@H](c2ccccc2F)[C@H]1C(=O)Nc1ccccc1C(F)(F)F. The summed E-state index contributed by atoms with van der Waals surface area (Å²) >= 11 is 0. The van der Waals surface area contributed by atoms with E-state index in [1.165, 1.54) is 30.3 Å². The molecule has 5 nitrogen and oxygen atoms in total. The number of alkyl halides is 3. The molecule has 1 fully saturated rings. The maximum absolute atomic E-state index is 14.2. The van der Waals surface area contributed by atoms with Gasteiger partial charge < -0.3 is 16.0 Å². The molecule has 1 aliphatic heterocycles. The zero-order valence-electron chi connectivity index (χ0n) is 14.3. The van der Waals surface area contributed by atoms with Gasteiger partial charge in [0.2, 0.25) is 5.91 Å². The lowest BCUT2D eigenvalue weighted by molar-refractivity contribution is -0.137. The van der Waals surface area contributed by atoms with Crippen molar-refractivity contribution in [2.45, 2.75) is 12.2 Å². The largest absolute Gasteiger partial charge is 0.418 e. The Kier molecular flexibility index (Phi) is 5.08. The van der Waals surface area contributed by atoms with Gasteiger partial charge in [0.25, 0.3) is 0 Å². The van der Waals surface area contributed by atoms with Gasteiger partial charge in [-0.15, -0.1) is 0 Å². The van der Waals surface area contributed by atoms with Crippen molar-refractivity contribution < 1.29 is 27.2 Å². The Labute approximate surface area is 157 Å². The van der Waals surface area contributed by atoms with E-state index >= 15 is 0 Å². The van der Waals surface area contributed by atoms with Crippen LogP contribution in [-0.2, 0) is 11.0 Å². The Balaban J connectivity index is 1.96. The van der Waals surface area contributed by atoms with Crippen molar-refractivity contribution in [2.75, 3.05) is 5.32 Å². The molecule has 2 aromatic carbocycles. The number of para-hydroxylation sites is 1. The molecule has 0 radical (unpaired) electrons. The topological polar surface area (TPSA) is 70.2 Å². The highest BCUT2D eigenvalue weighted by Crippen LogP contribution is 2.36. The van der Waals surface area contributed by atoms with Gasteiger partial charge in [-0.3, -0.25) is 4.79 Å². The zero-order chi connectivity index (χ0) is 20.5. The van der Waals surface area contributed by atoms with E-state index in [-0.39, 0.29) is 11.3 Å². The fraction of sp³-hybridized carbons (Fsp3) is 0.158. The molecule has 2 atom stereocenters. The lowest BCUT2D eigenvalue weighted by atomic mass is 9.88. The van der Waals surface area contributed by atoms with Crippen LogP contribution in [0.25, 0.3) is 0 Å². The quantitative estimate of drug-likeness (QED) is 0.691. The number of carbonyl (C=O) groups is 2. The Morgan fingerprint density at radius 3 is 2.39 bits per heavy atom. The van der Waals surface area contributed by atoms with Gasteiger partial charge in [-0.1, -0.05) is 36.9 Å². The predicted molar refractivity (Wildman–Crippen MR) is 93.5 cm³/mol. The second kappa shape index (κ2) is 7.34. The summed E-state index contributed by atoms with van der Waals surface area (Å²) in [4.78, 5) is 24.6. The summed E-state index contributed by atoms with van der Waals surface area (Å²) in [6.07, 6.45) is -4.68. The van der Waals surface area contributed by atoms with Crippen LogP contribution in [0, 0.1) is 11.7 Å². The minimum absolute atomic E-state index is 0.0164. The summed E-state index contributed by atoms with van der Waals surface area (Å²) in [5.41, 5.74) is -1.51. The number of urea groups is 1. The molecule has 3 amide bonds. The lowest BCUT2D eigenvalue weighted by Gasteiger charge is -2.34. The predicted octanol–water partition coefficient (Wildman–Crippen LogP) is 3.97. The van der Waals surface area contributed by atoms with Gasteiger partial charge in [-0.25, -0.2) is 9.18 Å². The molecule has 28 heavy (non-hydrogen) atoms. The van der Waals surface area contributed by atoms with E-state index in [9.17, 15) is 27.2 Å². The van der Waals surface area contributed by atoms with Crippen LogP contribution in [0.15, 0.2) is 60.8 Å². The standard InChI is InChI=1S/C19H15F4N3O2/c1-10-15(16(26-18(28)24-10)11-6-2-4-8-13(11)20)17(27)25-14-9-5-3-7-12(14)19(21,22)23/h2-9,15-16H,1H2,(H,25,27)(H2,24,26,28)/t15-,16+/m0/s1. The van der Waals surface area contributed by atoms with Crippen LogP contribution in [0.4, 0.5) is 28.0 Å². The van der Waals surface area contributed by atoms with Crippen LogP contribution in [0.1, 0.15) is 17.2 Å². The van der Waals surface area contributed by atoms with E-state index in [1.807, 2.05) is 0 Å². The van der Waals surface area contributed by atoms with Gasteiger partial charge in [0.05, 0.1) is 17.3 Å². The summed E-state index contributed by atoms with van der Waals surface area (Å²) < 4.78 is 53.8. The molecule has 0 spiro atoms. The third-order valence-electron chi connectivity index (χ3n) is 4.28. The van der Waals surface area contributed by atoms with Crippen LogP contribution < -0.4 is 16.0 Å². The van der Waals surface area contributed by atoms with Crippen LogP contribution >= 0.6 is 0 Å². The molecule has 1 heterocycles. The maximum atomic E-state index is 14.2. The minimum atomic E-state index is -4.68. The van der Waals surface area contributed by atoms with Crippen molar-refractivity contribution in [3.05, 3.63) is 77.8 Å². The third kappa shape index (κ3) is 3.83. The second-order valence-corrected chi connectivity index (χ2v) is 6.13. The number of rotatable bonds is 3. The number of hydrogen-bond acceptors (Lipinski definition) is 2. The number of benzene rings is 2. The number of amides is 3. The normalized spacial score (nSPS) is 19.6. The molecule has 146 valence electrons. The number of halogens is 4.